The quantitative estimate of drug-likeness (QED) is 0.477. The standard InChI is InChI=1S/C7H16N2O3/c8-3-1-5-12-6-2-4-9-7(10)11/h9H,1-6,8H2,(H,10,11). The van der Waals surface area contributed by atoms with Crippen LogP contribution in [-0.2, 0) is 4.74 Å². The van der Waals surface area contributed by atoms with E-state index in [4.69, 9.17) is 15.6 Å². The number of ether oxygens (including phenoxy) is 1. The van der Waals surface area contributed by atoms with E-state index in [2.05, 4.69) is 5.32 Å². The first-order valence-corrected chi connectivity index (χ1v) is 4.02. The van der Waals surface area contributed by atoms with Gasteiger partial charge in [-0.05, 0) is 19.4 Å². The fraction of sp³-hybridized carbons (Fsp3) is 0.857. The summed E-state index contributed by atoms with van der Waals surface area (Å²) in [5, 5.41) is 10.4. The average molecular weight is 176 g/mol. The Balaban J connectivity index is 2.86. The molecule has 12 heavy (non-hydrogen) atoms. The second-order valence-corrected chi connectivity index (χ2v) is 2.34. The zero-order valence-corrected chi connectivity index (χ0v) is 7.08. The van der Waals surface area contributed by atoms with Crippen LogP contribution in [0.1, 0.15) is 12.8 Å². The lowest BCUT2D eigenvalue weighted by molar-refractivity contribution is 0.130. The Bertz CT molecular complexity index is 119. The molecule has 5 nitrogen and oxygen atoms in total. The molecule has 0 aromatic heterocycles. The van der Waals surface area contributed by atoms with Crippen molar-refractivity contribution in [2.75, 3.05) is 26.3 Å². The van der Waals surface area contributed by atoms with E-state index in [1.54, 1.807) is 0 Å². The van der Waals surface area contributed by atoms with Gasteiger partial charge in [0.05, 0.1) is 0 Å². The third-order valence-electron chi connectivity index (χ3n) is 1.23. The number of nitrogens with two attached hydrogens (primary N) is 1. The summed E-state index contributed by atoms with van der Waals surface area (Å²) in [4.78, 5) is 9.97. The van der Waals surface area contributed by atoms with Crippen LogP contribution in [0.5, 0.6) is 0 Å². The van der Waals surface area contributed by atoms with E-state index in [0.717, 1.165) is 6.42 Å². The van der Waals surface area contributed by atoms with E-state index < -0.39 is 6.09 Å². The number of carboxylic acid groups (broad SMARTS) is 1. The Morgan fingerprint density at radius 3 is 2.67 bits per heavy atom. The van der Waals surface area contributed by atoms with Crippen molar-refractivity contribution in [3.63, 3.8) is 0 Å². The summed E-state index contributed by atoms with van der Waals surface area (Å²) in [6.07, 6.45) is 0.570. The van der Waals surface area contributed by atoms with E-state index >= 15 is 0 Å². The molecule has 0 saturated carbocycles. The first-order chi connectivity index (χ1) is 5.77. The molecular weight excluding hydrogens is 160 g/mol. The smallest absolute Gasteiger partial charge is 0.404 e. The summed E-state index contributed by atoms with van der Waals surface area (Å²) in [5.41, 5.74) is 5.24. The van der Waals surface area contributed by atoms with Gasteiger partial charge in [0.25, 0.3) is 0 Å². The Morgan fingerprint density at radius 2 is 2.08 bits per heavy atom. The minimum absolute atomic E-state index is 0.442. The van der Waals surface area contributed by atoms with Gasteiger partial charge < -0.3 is 20.9 Å². The average Bonchev–Trinajstić information content (AvgIpc) is 2.02. The molecule has 0 aromatic rings. The molecule has 72 valence electrons. The Hall–Kier alpha value is -0.810. The predicted octanol–water partition coefficient (Wildman–Crippen LogP) is 0.00950. The second-order valence-electron chi connectivity index (χ2n) is 2.34. The largest absolute Gasteiger partial charge is 0.465 e. The minimum Gasteiger partial charge on any atom is -0.465 e. The van der Waals surface area contributed by atoms with E-state index in [-0.39, 0.29) is 0 Å². The predicted molar refractivity (Wildman–Crippen MR) is 45.1 cm³/mol. The number of carbonyl (C=O) groups is 1. The van der Waals surface area contributed by atoms with Crippen LogP contribution < -0.4 is 11.1 Å². The minimum atomic E-state index is -0.989. The zero-order valence-electron chi connectivity index (χ0n) is 7.08. The monoisotopic (exact) mass is 176 g/mol. The molecule has 0 fully saturated rings. The topological polar surface area (TPSA) is 84.6 Å². The third kappa shape index (κ3) is 9.19. The van der Waals surface area contributed by atoms with E-state index in [1.807, 2.05) is 0 Å². The molecule has 0 saturated heterocycles. The molecule has 4 N–H and O–H groups in total. The van der Waals surface area contributed by atoms with Crippen LogP contribution >= 0.6 is 0 Å². The fourth-order valence-electron chi connectivity index (χ4n) is 0.657. The highest BCUT2D eigenvalue weighted by Crippen LogP contribution is 1.83. The van der Waals surface area contributed by atoms with Crippen molar-refractivity contribution >= 4 is 6.09 Å². The molecule has 0 aliphatic heterocycles. The molecule has 0 aromatic carbocycles. The molecule has 0 spiro atoms. The van der Waals surface area contributed by atoms with Crippen LogP contribution in [0.4, 0.5) is 4.79 Å². The van der Waals surface area contributed by atoms with Crippen LogP contribution in [0.2, 0.25) is 0 Å². The van der Waals surface area contributed by atoms with Crippen molar-refractivity contribution in [2.45, 2.75) is 12.8 Å². The summed E-state index contributed by atoms with van der Waals surface area (Å²) in [5.74, 6) is 0. The van der Waals surface area contributed by atoms with E-state index in [1.165, 1.54) is 0 Å². The third-order valence-corrected chi connectivity index (χ3v) is 1.23. The molecule has 5 heteroatoms. The van der Waals surface area contributed by atoms with Gasteiger partial charge in [-0.15, -0.1) is 0 Å². The zero-order chi connectivity index (χ0) is 9.23. The van der Waals surface area contributed by atoms with Crippen molar-refractivity contribution in [2.24, 2.45) is 5.73 Å². The van der Waals surface area contributed by atoms with Crippen molar-refractivity contribution in [3.05, 3.63) is 0 Å². The summed E-state index contributed by atoms with van der Waals surface area (Å²) >= 11 is 0. The van der Waals surface area contributed by atoms with Gasteiger partial charge in [0.1, 0.15) is 0 Å². The molecule has 0 atom stereocenters. The summed E-state index contributed by atoms with van der Waals surface area (Å²) in [7, 11) is 0. The van der Waals surface area contributed by atoms with E-state index in [9.17, 15) is 4.79 Å². The highest BCUT2D eigenvalue weighted by atomic mass is 16.5. The number of nitrogens with one attached hydrogen (secondary N) is 1. The maximum absolute atomic E-state index is 9.97. The molecule has 0 radical (unpaired) electrons. The van der Waals surface area contributed by atoms with Gasteiger partial charge in [0.2, 0.25) is 0 Å². The van der Waals surface area contributed by atoms with Crippen LogP contribution in [0.25, 0.3) is 0 Å². The van der Waals surface area contributed by atoms with Crippen molar-refractivity contribution in [1.82, 2.24) is 5.32 Å². The lowest BCUT2D eigenvalue weighted by Crippen LogP contribution is -2.22. The van der Waals surface area contributed by atoms with Gasteiger partial charge in [-0.25, -0.2) is 4.79 Å². The van der Waals surface area contributed by atoms with Crippen LogP contribution in [-0.4, -0.2) is 37.5 Å². The maximum Gasteiger partial charge on any atom is 0.404 e. The van der Waals surface area contributed by atoms with Gasteiger partial charge in [0, 0.05) is 19.8 Å². The molecule has 0 rings (SSSR count). The van der Waals surface area contributed by atoms with Crippen molar-refractivity contribution in [3.8, 4) is 0 Å². The van der Waals surface area contributed by atoms with Gasteiger partial charge in [0.15, 0.2) is 0 Å². The first-order valence-electron chi connectivity index (χ1n) is 4.02. The Kier molecular flexibility index (Phi) is 7.73. The Labute approximate surface area is 71.9 Å². The van der Waals surface area contributed by atoms with Crippen molar-refractivity contribution < 1.29 is 14.6 Å². The maximum atomic E-state index is 9.97. The SMILES string of the molecule is NCCCOCCCNC(=O)O. The van der Waals surface area contributed by atoms with Gasteiger partial charge in [-0.3, -0.25) is 0 Å². The highest BCUT2D eigenvalue weighted by molar-refractivity contribution is 5.64. The van der Waals surface area contributed by atoms with Gasteiger partial charge in [-0.1, -0.05) is 0 Å². The lowest BCUT2D eigenvalue weighted by Gasteiger charge is -2.02. The molecular formula is C7H16N2O3. The molecule has 0 aliphatic carbocycles. The summed E-state index contributed by atoms with van der Waals surface area (Å²) < 4.78 is 5.14. The molecule has 0 unspecified atom stereocenters. The van der Waals surface area contributed by atoms with Gasteiger partial charge >= 0.3 is 6.09 Å². The summed E-state index contributed by atoms with van der Waals surface area (Å²) in [6, 6.07) is 0. The molecule has 0 aliphatic rings. The number of hydrogen-bond donors (Lipinski definition) is 3. The number of amides is 1. The molecule has 1 amide bonds. The van der Waals surface area contributed by atoms with Crippen LogP contribution in [0.15, 0.2) is 0 Å². The van der Waals surface area contributed by atoms with E-state index in [0.29, 0.717) is 32.7 Å². The fourth-order valence-corrected chi connectivity index (χ4v) is 0.657. The summed E-state index contributed by atoms with van der Waals surface area (Å²) in [6.45, 7) is 2.31. The second kappa shape index (κ2) is 8.29. The first kappa shape index (κ1) is 11.2. The Morgan fingerprint density at radius 1 is 1.42 bits per heavy atom. The normalized spacial score (nSPS) is 9.75. The number of rotatable bonds is 7. The van der Waals surface area contributed by atoms with Gasteiger partial charge in [-0.2, -0.15) is 0 Å². The lowest BCUT2D eigenvalue weighted by atomic mass is 10.4. The molecule has 0 heterocycles. The molecule has 0 bridgehead atoms. The van der Waals surface area contributed by atoms with Crippen LogP contribution in [0.3, 0.4) is 0 Å². The van der Waals surface area contributed by atoms with Crippen LogP contribution in [0, 0.1) is 0 Å². The highest BCUT2D eigenvalue weighted by Gasteiger charge is 1.92. The number of hydrogen-bond acceptors (Lipinski definition) is 3. The van der Waals surface area contributed by atoms with Crippen molar-refractivity contribution in [1.29, 1.82) is 0 Å².